The molecule has 1 unspecified atom stereocenters. The molecule has 0 aliphatic carbocycles. The molecule has 1 aromatic heterocycles. The summed E-state index contributed by atoms with van der Waals surface area (Å²) in [5.41, 5.74) is 1.32. The van der Waals surface area contributed by atoms with E-state index < -0.39 is 5.82 Å². The zero-order valence-electron chi connectivity index (χ0n) is 17.0. The van der Waals surface area contributed by atoms with Crippen LogP contribution in [0.1, 0.15) is 18.7 Å². The molecule has 0 radical (unpaired) electrons. The highest BCUT2D eigenvalue weighted by molar-refractivity contribution is 6.31. The molecule has 2 aromatic carbocycles. The van der Waals surface area contributed by atoms with Crippen molar-refractivity contribution in [3.63, 3.8) is 0 Å². The molecule has 0 saturated carbocycles. The second kappa shape index (κ2) is 9.45. The zero-order valence-corrected chi connectivity index (χ0v) is 17.7. The van der Waals surface area contributed by atoms with Crippen molar-refractivity contribution in [3.05, 3.63) is 59.2 Å². The Labute approximate surface area is 184 Å². The first kappa shape index (κ1) is 21.3. The fourth-order valence-electron chi connectivity index (χ4n) is 3.60. The summed E-state index contributed by atoms with van der Waals surface area (Å²) < 4.78 is 23.9. The number of methoxy groups -OCH3 is 1. The van der Waals surface area contributed by atoms with E-state index in [4.69, 9.17) is 20.9 Å². The molecule has 3 aromatic rings. The number of nitrogens with one attached hydrogen (secondary N) is 1. The minimum absolute atomic E-state index is 0.0212. The summed E-state index contributed by atoms with van der Waals surface area (Å²) in [4.78, 5) is 19.3. The van der Waals surface area contributed by atoms with E-state index >= 15 is 0 Å². The molecule has 162 valence electrons. The molecule has 2 heterocycles. The van der Waals surface area contributed by atoms with Gasteiger partial charge in [0.1, 0.15) is 11.6 Å². The number of aromatic nitrogens is 2. The van der Waals surface area contributed by atoms with Crippen LogP contribution in [-0.2, 0) is 11.3 Å². The molecule has 4 rings (SSSR count). The van der Waals surface area contributed by atoms with Gasteiger partial charge in [-0.15, -0.1) is 0 Å². The number of benzene rings is 2. The maximum Gasteiger partial charge on any atom is 0.241 e. The van der Waals surface area contributed by atoms with Crippen LogP contribution < -0.4 is 10.1 Å². The number of anilines is 1. The molecular weight excluding hydrogens is 423 g/mol. The van der Waals surface area contributed by atoms with Crippen LogP contribution in [0.25, 0.3) is 11.4 Å². The van der Waals surface area contributed by atoms with Crippen molar-refractivity contribution >= 4 is 23.2 Å². The quantitative estimate of drug-likeness (QED) is 0.607. The highest BCUT2D eigenvalue weighted by Crippen LogP contribution is 2.24. The average Bonchev–Trinajstić information content (AvgIpc) is 3.25. The average molecular weight is 445 g/mol. The molecule has 1 fully saturated rings. The maximum atomic E-state index is 13.3. The number of halogens is 2. The molecule has 1 atom stereocenters. The van der Waals surface area contributed by atoms with Gasteiger partial charge in [-0.05, 0) is 61.9 Å². The first-order valence-corrected chi connectivity index (χ1v) is 10.3. The largest absolute Gasteiger partial charge is 0.497 e. The zero-order chi connectivity index (χ0) is 21.8. The first-order chi connectivity index (χ1) is 15.0. The monoisotopic (exact) mass is 444 g/mol. The van der Waals surface area contributed by atoms with Gasteiger partial charge in [0.2, 0.25) is 17.6 Å². The highest BCUT2D eigenvalue weighted by Gasteiger charge is 2.27. The summed E-state index contributed by atoms with van der Waals surface area (Å²) in [6.45, 7) is 1.88. The SMILES string of the molecule is COc1ccc(-c2noc(CN3CCCC(C(=O)Nc4ccc(F)c(Cl)c4)C3)n2)cc1. The van der Waals surface area contributed by atoms with Crippen molar-refractivity contribution < 1.29 is 18.4 Å². The van der Waals surface area contributed by atoms with Gasteiger partial charge >= 0.3 is 0 Å². The van der Waals surface area contributed by atoms with Crippen molar-refractivity contribution in [1.82, 2.24) is 15.0 Å². The van der Waals surface area contributed by atoms with Crippen molar-refractivity contribution in [2.24, 2.45) is 5.92 Å². The molecule has 1 N–H and O–H groups in total. The fourth-order valence-corrected chi connectivity index (χ4v) is 3.78. The molecular formula is C22H22ClFN4O3. The van der Waals surface area contributed by atoms with Crippen molar-refractivity contribution in [3.8, 4) is 17.1 Å². The van der Waals surface area contributed by atoms with E-state index in [1.54, 1.807) is 7.11 Å². The van der Waals surface area contributed by atoms with Gasteiger partial charge in [0.15, 0.2) is 0 Å². The number of amides is 1. The lowest BCUT2D eigenvalue weighted by Crippen LogP contribution is -2.40. The summed E-state index contributed by atoms with van der Waals surface area (Å²) in [6, 6.07) is 11.6. The number of hydrogen-bond acceptors (Lipinski definition) is 6. The lowest BCUT2D eigenvalue weighted by molar-refractivity contribution is -0.121. The Morgan fingerprint density at radius 1 is 1.32 bits per heavy atom. The second-order valence-electron chi connectivity index (χ2n) is 7.43. The van der Waals surface area contributed by atoms with Crippen LogP contribution in [0.4, 0.5) is 10.1 Å². The third-order valence-electron chi connectivity index (χ3n) is 5.24. The van der Waals surface area contributed by atoms with Crippen LogP contribution in [-0.4, -0.2) is 41.1 Å². The first-order valence-electron chi connectivity index (χ1n) is 9.97. The van der Waals surface area contributed by atoms with E-state index in [-0.39, 0.29) is 16.8 Å². The minimum Gasteiger partial charge on any atom is -0.497 e. The van der Waals surface area contributed by atoms with E-state index in [9.17, 15) is 9.18 Å². The summed E-state index contributed by atoms with van der Waals surface area (Å²) in [5, 5.41) is 6.86. The van der Waals surface area contributed by atoms with Crippen LogP contribution >= 0.6 is 11.6 Å². The Balaban J connectivity index is 1.36. The Morgan fingerprint density at radius 2 is 2.13 bits per heavy atom. The van der Waals surface area contributed by atoms with E-state index in [1.807, 2.05) is 24.3 Å². The Kier molecular flexibility index (Phi) is 6.48. The molecule has 0 bridgehead atoms. The van der Waals surface area contributed by atoms with E-state index in [0.29, 0.717) is 30.5 Å². The van der Waals surface area contributed by atoms with Gasteiger partial charge in [0.25, 0.3) is 0 Å². The molecule has 0 spiro atoms. The highest BCUT2D eigenvalue weighted by atomic mass is 35.5. The lowest BCUT2D eigenvalue weighted by Gasteiger charge is -2.30. The van der Waals surface area contributed by atoms with Crippen molar-refractivity contribution in [2.75, 3.05) is 25.5 Å². The molecule has 1 aliphatic heterocycles. The smallest absolute Gasteiger partial charge is 0.241 e. The maximum absolute atomic E-state index is 13.3. The lowest BCUT2D eigenvalue weighted by atomic mass is 9.97. The second-order valence-corrected chi connectivity index (χ2v) is 7.84. The molecule has 1 saturated heterocycles. The van der Waals surface area contributed by atoms with Gasteiger partial charge in [0, 0.05) is 17.8 Å². The number of carbonyl (C=O) groups excluding carboxylic acids is 1. The number of nitrogens with zero attached hydrogens (tertiary/aromatic N) is 3. The third kappa shape index (κ3) is 5.21. The molecule has 9 heteroatoms. The van der Waals surface area contributed by atoms with Crippen LogP contribution in [0.2, 0.25) is 5.02 Å². The van der Waals surface area contributed by atoms with Crippen LogP contribution in [0.3, 0.4) is 0 Å². The van der Waals surface area contributed by atoms with Gasteiger partial charge in [-0.2, -0.15) is 4.98 Å². The molecule has 1 aliphatic rings. The number of rotatable bonds is 6. The number of likely N-dealkylation sites (tertiary alicyclic amines) is 1. The van der Waals surface area contributed by atoms with Gasteiger partial charge in [-0.25, -0.2) is 4.39 Å². The predicted molar refractivity (Wildman–Crippen MR) is 114 cm³/mol. The third-order valence-corrected chi connectivity index (χ3v) is 5.53. The fraction of sp³-hybridized carbons (Fsp3) is 0.318. The van der Waals surface area contributed by atoms with Crippen LogP contribution in [0, 0.1) is 11.7 Å². The predicted octanol–water partition coefficient (Wildman–Crippen LogP) is 4.39. The Morgan fingerprint density at radius 3 is 2.87 bits per heavy atom. The summed E-state index contributed by atoms with van der Waals surface area (Å²) >= 11 is 5.79. The van der Waals surface area contributed by atoms with Crippen LogP contribution in [0.5, 0.6) is 5.75 Å². The number of piperidine rings is 1. The van der Waals surface area contributed by atoms with Gasteiger partial charge in [-0.3, -0.25) is 9.69 Å². The summed E-state index contributed by atoms with van der Waals surface area (Å²) in [7, 11) is 1.61. The normalized spacial score (nSPS) is 16.8. The number of hydrogen-bond donors (Lipinski definition) is 1. The minimum atomic E-state index is -0.517. The standard InChI is InChI=1S/C22H22ClFN4O3/c1-30-17-7-4-14(5-8-17)21-26-20(31-27-21)13-28-10-2-3-15(12-28)22(29)25-16-6-9-19(24)18(23)11-16/h4-9,11,15H,2-3,10,12-13H2,1H3,(H,25,29). The van der Waals surface area contributed by atoms with Gasteiger partial charge in [0.05, 0.1) is 24.6 Å². The summed E-state index contributed by atoms with van der Waals surface area (Å²) in [5.74, 6) is 0.942. The molecule has 31 heavy (non-hydrogen) atoms. The Hall–Kier alpha value is -2.97. The van der Waals surface area contributed by atoms with Crippen molar-refractivity contribution in [1.29, 1.82) is 0 Å². The van der Waals surface area contributed by atoms with Crippen molar-refractivity contribution in [2.45, 2.75) is 19.4 Å². The van der Waals surface area contributed by atoms with Gasteiger partial charge < -0.3 is 14.6 Å². The Bertz CT molecular complexity index is 1060. The van der Waals surface area contributed by atoms with E-state index in [1.165, 1.54) is 18.2 Å². The van der Waals surface area contributed by atoms with E-state index in [0.717, 1.165) is 30.7 Å². The van der Waals surface area contributed by atoms with Gasteiger partial charge in [-0.1, -0.05) is 16.8 Å². The van der Waals surface area contributed by atoms with Crippen LogP contribution in [0.15, 0.2) is 47.0 Å². The molecule has 7 nitrogen and oxygen atoms in total. The topological polar surface area (TPSA) is 80.5 Å². The summed E-state index contributed by atoms with van der Waals surface area (Å²) in [6.07, 6.45) is 1.65. The van der Waals surface area contributed by atoms with E-state index in [2.05, 4.69) is 20.4 Å². The number of carbonyl (C=O) groups is 1. The molecule has 1 amide bonds. The number of ether oxygens (including phenoxy) is 1.